The van der Waals surface area contributed by atoms with E-state index in [0.29, 0.717) is 12.1 Å². The number of hydrogen-bond donors (Lipinski definition) is 1. The molecule has 2 rings (SSSR count). The van der Waals surface area contributed by atoms with Gasteiger partial charge in [0, 0.05) is 12.1 Å². The summed E-state index contributed by atoms with van der Waals surface area (Å²) in [5.74, 6) is -0.655. The molecule has 1 fully saturated rings. The number of rotatable bonds is 3. The van der Waals surface area contributed by atoms with Crippen LogP contribution in [0.3, 0.4) is 0 Å². The van der Waals surface area contributed by atoms with Crippen LogP contribution in [0.5, 0.6) is 0 Å². The van der Waals surface area contributed by atoms with Gasteiger partial charge in [-0.3, -0.25) is 4.79 Å². The molecule has 0 bridgehead atoms. The zero-order chi connectivity index (χ0) is 12.1. The Labute approximate surface area is 100.0 Å². The van der Waals surface area contributed by atoms with Crippen LogP contribution >= 0.6 is 0 Å². The number of esters is 1. The minimum absolute atomic E-state index is 0.0159. The van der Waals surface area contributed by atoms with Crippen LogP contribution in [0, 0.1) is 11.7 Å². The molecule has 4 heteroatoms. The number of carbonyl (C=O) groups is 1. The second-order valence-corrected chi connectivity index (χ2v) is 4.24. The van der Waals surface area contributed by atoms with Gasteiger partial charge in [-0.15, -0.1) is 0 Å². The maximum atomic E-state index is 13.3. The largest absolute Gasteiger partial charge is 0.460 e. The average Bonchev–Trinajstić information content (AvgIpc) is 2.38. The lowest BCUT2D eigenvalue weighted by Gasteiger charge is -2.21. The fourth-order valence-corrected chi connectivity index (χ4v) is 1.94. The molecule has 0 aromatic heterocycles. The summed E-state index contributed by atoms with van der Waals surface area (Å²) in [5, 5.41) is 3.15. The number of carbonyl (C=O) groups excluding carboxylic acids is 1. The van der Waals surface area contributed by atoms with Gasteiger partial charge in [0.15, 0.2) is 0 Å². The Morgan fingerprint density at radius 3 is 3.00 bits per heavy atom. The predicted octanol–water partition coefficient (Wildman–Crippen LogP) is 1.87. The van der Waals surface area contributed by atoms with Crippen molar-refractivity contribution in [3.63, 3.8) is 0 Å². The molecule has 1 heterocycles. The molecule has 1 aliphatic heterocycles. The molecule has 0 spiro atoms. The first-order chi connectivity index (χ1) is 8.27. The molecule has 1 atom stereocenters. The standard InChI is InChI=1S/C13H16FNO2/c14-12-6-2-1-4-11(12)9-17-13(16)10-5-3-7-15-8-10/h1-2,4,6,10,15H,3,5,7-9H2. The third-order valence-electron chi connectivity index (χ3n) is 2.96. The van der Waals surface area contributed by atoms with Crippen molar-refractivity contribution >= 4 is 5.97 Å². The second kappa shape index (κ2) is 5.77. The first kappa shape index (κ1) is 12.0. The molecule has 3 nitrogen and oxygen atoms in total. The summed E-state index contributed by atoms with van der Waals surface area (Å²) in [5.41, 5.74) is 0.421. The molecule has 1 N–H and O–H groups in total. The van der Waals surface area contributed by atoms with Crippen LogP contribution in [-0.4, -0.2) is 19.1 Å². The van der Waals surface area contributed by atoms with Crippen molar-refractivity contribution in [2.45, 2.75) is 19.4 Å². The lowest BCUT2D eigenvalue weighted by molar-refractivity contribution is -0.150. The van der Waals surface area contributed by atoms with Crippen LogP contribution in [0.4, 0.5) is 4.39 Å². The topological polar surface area (TPSA) is 38.3 Å². The number of ether oxygens (including phenoxy) is 1. The molecule has 92 valence electrons. The van der Waals surface area contributed by atoms with Gasteiger partial charge in [0.05, 0.1) is 5.92 Å². The second-order valence-electron chi connectivity index (χ2n) is 4.24. The lowest BCUT2D eigenvalue weighted by atomic mass is 10.0. The molecule has 1 aromatic rings. The Morgan fingerprint density at radius 1 is 1.47 bits per heavy atom. The third-order valence-corrected chi connectivity index (χ3v) is 2.96. The van der Waals surface area contributed by atoms with E-state index in [1.165, 1.54) is 6.07 Å². The van der Waals surface area contributed by atoms with Crippen LogP contribution in [0.1, 0.15) is 18.4 Å². The molecule has 0 radical (unpaired) electrons. The maximum absolute atomic E-state index is 13.3. The Bertz CT molecular complexity index is 389. The molecule has 1 aliphatic rings. The summed E-state index contributed by atoms with van der Waals surface area (Å²) in [6.07, 6.45) is 1.84. The van der Waals surface area contributed by atoms with E-state index >= 15 is 0 Å². The Morgan fingerprint density at radius 2 is 2.29 bits per heavy atom. The number of hydrogen-bond acceptors (Lipinski definition) is 3. The molecule has 0 amide bonds. The number of halogens is 1. The van der Waals surface area contributed by atoms with Gasteiger partial charge in [-0.1, -0.05) is 18.2 Å². The highest BCUT2D eigenvalue weighted by molar-refractivity contribution is 5.72. The van der Waals surface area contributed by atoms with E-state index in [1.54, 1.807) is 18.2 Å². The van der Waals surface area contributed by atoms with Gasteiger partial charge in [-0.2, -0.15) is 0 Å². The first-order valence-electron chi connectivity index (χ1n) is 5.88. The minimum Gasteiger partial charge on any atom is -0.460 e. The summed E-state index contributed by atoms with van der Waals surface area (Å²) in [6.45, 7) is 1.63. The predicted molar refractivity (Wildman–Crippen MR) is 61.8 cm³/mol. The van der Waals surface area contributed by atoms with Crippen molar-refractivity contribution in [2.75, 3.05) is 13.1 Å². The minimum atomic E-state index is -0.331. The van der Waals surface area contributed by atoms with Crippen LogP contribution in [0.15, 0.2) is 24.3 Å². The summed E-state index contributed by atoms with van der Waals surface area (Å²) in [7, 11) is 0. The normalized spacial score (nSPS) is 19.9. The van der Waals surface area contributed by atoms with Gasteiger partial charge in [0.2, 0.25) is 0 Å². The van der Waals surface area contributed by atoms with Gasteiger partial charge < -0.3 is 10.1 Å². The van der Waals surface area contributed by atoms with E-state index in [-0.39, 0.29) is 24.3 Å². The van der Waals surface area contributed by atoms with E-state index < -0.39 is 0 Å². The smallest absolute Gasteiger partial charge is 0.310 e. The van der Waals surface area contributed by atoms with E-state index in [9.17, 15) is 9.18 Å². The number of piperidine rings is 1. The van der Waals surface area contributed by atoms with Crippen LogP contribution < -0.4 is 5.32 Å². The fourth-order valence-electron chi connectivity index (χ4n) is 1.94. The first-order valence-corrected chi connectivity index (χ1v) is 5.88. The average molecular weight is 237 g/mol. The summed E-state index contributed by atoms with van der Waals surface area (Å²) in [6, 6.07) is 6.34. The molecular weight excluding hydrogens is 221 g/mol. The van der Waals surface area contributed by atoms with Gasteiger partial charge in [-0.25, -0.2) is 4.39 Å². The molecular formula is C13H16FNO2. The summed E-state index contributed by atoms with van der Waals surface area (Å²) in [4.78, 5) is 11.7. The van der Waals surface area contributed by atoms with Crippen LogP contribution in [0.25, 0.3) is 0 Å². The Balaban J connectivity index is 1.85. The molecule has 1 saturated heterocycles. The number of nitrogens with one attached hydrogen (secondary N) is 1. The molecule has 1 aromatic carbocycles. The van der Waals surface area contributed by atoms with Crippen LogP contribution in [-0.2, 0) is 16.1 Å². The number of benzene rings is 1. The van der Waals surface area contributed by atoms with Gasteiger partial charge in [0.1, 0.15) is 12.4 Å². The molecule has 0 aliphatic carbocycles. The highest BCUT2D eigenvalue weighted by Crippen LogP contribution is 2.14. The van der Waals surface area contributed by atoms with Gasteiger partial charge in [0.25, 0.3) is 0 Å². The fraction of sp³-hybridized carbons (Fsp3) is 0.462. The molecule has 1 unspecified atom stereocenters. The van der Waals surface area contributed by atoms with Crippen molar-refractivity contribution in [3.8, 4) is 0 Å². The summed E-state index contributed by atoms with van der Waals surface area (Å²) >= 11 is 0. The Kier molecular flexibility index (Phi) is 4.09. The quantitative estimate of drug-likeness (QED) is 0.816. The third kappa shape index (κ3) is 3.27. The lowest BCUT2D eigenvalue weighted by Crippen LogP contribution is -2.35. The van der Waals surface area contributed by atoms with Crippen molar-refractivity contribution in [3.05, 3.63) is 35.6 Å². The van der Waals surface area contributed by atoms with E-state index in [1.807, 2.05) is 0 Å². The van der Waals surface area contributed by atoms with E-state index in [2.05, 4.69) is 5.32 Å². The zero-order valence-electron chi connectivity index (χ0n) is 9.62. The van der Waals surface area contributed by atoms with E-state index in [0.717, 1.165) is 19.4 Å². The highest BCUT2D eigenvalue weighted by atomic mass is 19.1. The molecule has 17 heavy (non-hydrogen) atoms. The van der Waals surface area contributed by atoms with Crippen molar-refractivity contribution in [2.24, 2.45) is 5.92 Å². The van der Waals surface area contributed by atoms with Gasteiger partial charge >= 0.3 is 5.97 Å². The monoisotopic (exact) mass is 237 g/mol. The van der Waals surface area contributed by atoms with Crippen LogP contribution in [0.2, 0.25) is 0 Å². The summed E-state index contributed by atoms with van der Waals surface area (Å²) < 4.78 is 18.4. The van der Waals surface area contributed by atoms with Gasteiger partial charge in [-0.05, 0) is 25.5 Å². The SMILES string of the molecule is O=C(OCc1ccccc1F)C1CCCNC1. The highest BCUT2D eigenvalue weighted by Gasteiger charge is 2.22. The van der Waals surface area contributed by atoms with Crippen molar-refractivity contribution in [1.82, 2.24) is 5.32 Å². The van der Waals surface area contributed by atoms with E-state index in [4.69, 9.17) is 4.74 Å². The maximum Gasteiger partial charge on any atom is 0.310 e. The molecule has 0 saturated carbocycles. The zero-order valence-corrected chi connectivity index (χ0v) is 9.62. The van der Waals surface area contributed by atoms with Crippen molar-refractivity contribution < 1.29 is 13.9 Å². The Hall–Kier alpha value is -1.42. The van der Waals surface area contributed by atoms with Crippen molar-refractivity contribution in [1.29, 1.82) is 0 Å².